The van der Waals surface area contributed by atoms with Gasteiger partial charge in [-0.1, -0.05) is 0 Å². The van der Waals surface area contributed by atoms with E-state index in [1.165, 1.54) is 16.9 Å². The summed E-state index contributed by atoms with van der Waals surface area (Å²) in [7, 11) is 0. The number of thiophene rings is 1. The number of nitrogens with zero attached hydrogens (tertiary/aromatic N) is 4. The van der Waals surface area contributed by atoms with Crippen LogP contribution >= 0.6 is 11.3 Å². The third-order valence-corrected chi connectivity index (χ3v) is 6.21. The topological polar surface area (TPSA) is 81.4 Å². The Balaban J connectivity index is 1.53. The fourth-order valence-corrected chi connectivity index (χ4v) is 5.08. The van der Waals surface area contributed by atoms with E-state index in [4.69, 9.17) is 4.74 Å². The number of aromatic nitrogens is 4. The molecule has 130 valence electrons. The summed E-state index contributed by atoms with van der Waals surface area (Å²) in [4.78, 5) is 24.1. The SMILES string of the molecule is Cc1nc2sc3c(c2c2nc(C(=O)NCC4CCCO4)nn12)CCC3. The molecular weight excluding hydrogens is 338 g/mol. The van der Waals surface area contributed by atoms with E-state index in [9.17, 15) is 4.79 Å². The molecule has 8 heteroatoms. The molecule has 7 nitrogen and oxygen atoms in total. The van der Waals surface area contributed by atoms with Gasteiger partial charge in [0.25, 0.3) is 5.91 Å². The molecule has 4 heterocycles. The van der Waals surface area contributed by atoms with Crippen molar-refractivity contribution in [3.63, 3.8) is 0 Å². The Morgan fingerprint density at radius 1 is 1.36 bits per heavy atom. The van der Waals surface area contributed by atoms with Crippen LogP contribution in [0.1, 0.15) is 46.1 Å². The molecule has 1 N–H and O–H groups in total. The summed E-state index contributed by atoms with van der Waals surface area (Å²) in [5.41, 5.74) is 2.10. The average Bonchev–Trinajstić information content (AvgIpc) is 3.34. The predicted molar refractivity (Wildman–Crippen MR) is 94.2 cm³/mol. The van der Waals surface area contributed by atoms with Crippen molar-refractivity contribution < 1.29 is 9.53 Å². The van der Waals surface area contributed by atoms with Crippen LogP contribution in [-0.4, -0.2) is 44.7 Å². The van der Waals surface area contributed by atoms with E-state index in [0.29, 0.717) is 6.54 Å². The zero-order valence-corrected chi connectivity index (χ0v) is 14.9. The van der Waals surface area contributed by atoms with Gasteiger partial charge in [-0.25, -0.2) is 9.97 Å². The van der Waals surface area contributed by atoms with Gasteiger partial charge in [-0.05, 0) is 44.6 Å². The minimum Gasteiger partial charge on any atom is -0.376 e. The number of fused-ring (bicyclic) bond motifs is 5. The summed E-state index contributed by atoms with van der Waals surface area (Å²) in [5.74, 6) is 0.708. The summed E-state index contributed by atoms with van der Waals surface area (Å²) in [6.45, 7) is 3.19. The van der Waals surface area contributed by atoms with E-state index >= 15 is 0 Å². The van der Waals surface area contributed by atoms with Gasteiger partial charge in [0.05, 0.1) is 11.5 Å². The summed E-state index contributed by atoms with van der Waals surface area (Å²) >= 11 is 1.75. The van der Waals surface area contributed by atoms with Gasteiger partial charge in [0.2, 0.25) is 5.82 Å². The van der Waals surface area contributed by atoms with Crippen LogP contribution in [0.2, 0.25) is 0 Å². The first-order valence-corrected chi connectivity index (χ1v) is 9.60. The number of rotatable bonds is 3. The molecule has 1 amide bonds. The van der Waals surface area contributed by atoms with E-state index in [1.807, 2.05) is 6.92 Å². The first kappa shape index (κ1) is 15.2. The van der Waals surface area contributed by atoms with Gasteiger partial charge in [0, 0.05) is 18.0 Å². The van der Waals surface area contributed by atoms with Crippen molar-refractivity contribution >= 4 is 33.1 Å². The predicted octanol–water partition coefficient (Wildman–Crippen LogP) is 2.04. The quantitative estimate of drug-likeness (QED) is 0.776. The molecule has 0 radical (unpaired) electrons. The Morgan fingerprint density at radius 2 is 2.28 bits per heavy atom. The number of carbonyl (C=O) groups is 1. The van der Waals surface area contributed by atoms with Crippen molar-refractivity contribution in [3.05, 3.63) is 22.1 Å². The fourth-order valence-electron chi connectivity index (χ4n) is 3.78. The van der Waals surface area contributed by atoms with Gasteiger partial charge in [0.1, 0.15) is 10.7 Å². The lowest BCUT2D eigenvalue weighted by atomic mass is 10.2. The van der Waals surface area contributed by atoms with Gasteiger partial charge in [-0.2, -0.15) is 4.52 Å². The number of nitrogens with one attached hydrogen (secondary N) is 1. The molecule has 0 aromatic carbocycles. The maximum atomic E-state index is 12.5. The Bertz CT molecular complexity index is 986. The molecule has 0 saturated carbocycles. The highest BCUT2D eigenvalue weighted by Gasteiger charge is 2.24. The summed E-state index contributed by atoms with van der Waals surface area (Å²) in [6, 6.07) is 0. The second kappa shape index (κ2) is 5.74. The molecule has 1 saturated heterocycles. The Kier molecular flexibility index (Phi) is 3.49. The number of ether oxygens (including phenoxy) is 1. The highest BCUT2D eigenvalue weighted by Crippen LogP contribution is 2.38. The normalized spacial score (nSPS) is 19.8. The van der Waals surface area contributed by atoms with E-state index in [-0.39, 0.29) is 17.8 Å². The number of aryl methyl sites for hydroxylation is 3. The number of carbonyl (C=O) groups excluding carboxylic acids is 1. The van der Waals surface area contributed by atoms with E-state index < -0.39 is 0 Å². The summed E-state index contributed by atoms with van der Waals surface area (Å²) in [6.07, 6.45) is 5.51. The second-order valence-electron chi connectivity index (χ2n) is 6.71. The lowest BCUT2D eigenvalue weighted by Gasteiger charge is -2.08. The molecule has 1 aliphatic heterocycles. The lowest BCUT2D eigenvalue weighted by Crippen LogP contribution is -2.32. The molecule has 0 spiro atoms. The van der Waals surface area contributed by atoms with Crippen molar-refractivity contribution in [1.29, 1.82) is 0 Å². The largest absolute Gasteiger partial charge is 0.376 e. The van der Waals surface area contributed by atoms with Crippen LogP contribution in [0.4, 0.5) is 0 Å². The highest BCUT2D eigenvalue weighted by molar-refractivity contribution is 7.19. The van der Waals surface area contributed by atoms with Crippen LogP contribution in [0, 0.1) is 6.92 Å². The smallest absolute Gasteiger partial charge is 0.291 e. The standard InChI is InChI=1S/C17H19N5O2S/c1-9-19-17-13(11-5-2-6-12(11)25-17)15-20-14(21-22(9)15)16(23)18-8-10-4-3-7-24-10/h10H,2-8H2,1H3,(H,18,23). The number of hydrogen-bond acceptors (Lipinski definition) is 6. The summed E-state index contributed by atoms with van der Waals surface area (Å²) < 4.78 is 7.25. The van der Waals surface area contributed by atoms with Gasteiger partial charge in [-0.3, -0.25) is 4.79 Å². The minimum absolute atomic E-state index is 0.108. The van der Waals surface area contributed by atoms with Gasteiger partial charge in [-0.15, -0.1) is 16.4 Å². The van der Waals surface area contributed by atoms with Crippen molar-refractivity contribution in [2.24, 2.45) is 0 Å². The molecule has 1 fully saturated rings. The zero-order chi connectivity index (χ0) is 17.0. The number of amides is 1. The van der Waals surface area contributed by atoms with E-state index in [2.05, 4.69) is 20.4 Å². The van der Waals surface area contributed by atoms with Crippen molar-refractivity contribution in [1.82, 2.24) is 24.9 Å². The molecule has 3 aromatic rings. The molecule has 5 rings (SSSR count). The van der Waals surface area contributed by atoms with Crippen molar-refractivity contribution in [3.8, 4) is 0 Å². The monoisotopic (exact) mass is 357 g/mol. The van der Waals surface area contributed by atoms with Crippen molar-refractivity contribution in [2.75, 3.05) is 13.2 Å². The van der Waals surface area contributed by atoms with Crippen LogP contribution in [0.5, 0.6) is 0 Å². The maximum absolute atomic E-state index is 12.5. The van der Waals surface area contributed by atoms with Crippen LogP contribution in [0.3, 0.4) is 0 Å². The maximum Gasteiger partial charge on any atom is 0.291 e. The first-order valence-electron chi connectivity index (χ1n) is 8.78. The van der Waals surface area contributed by atoms with E-state index in [0.717, 1.165) is 54.0 Å². The second-order valence-corrected chi connectivity index (χ2v) is 7.80. The molecule has 1 atom stereocenters. The molecular formula is C17H19N5O2S. The Hall–Kier alpha value is -2.06. The van der Waals surface area contributed by atoms with Gasteiger partial charge < -0.3 is 10.1 Å². The highest BCUT2D eigenvalue weighted by atomic mass is 32.1. The zero-order valence-electron chi connectivity index (χ0n) is 14.0. The van der Waals surface area contributed by atoms with E-state index in [1.54, 1.807) is 15.9 Å². The van der Waals surface area contributed by atoms with Gasteiger partial charge in [0.15, 0.2) is 5.65 Å². The van der Waals surface area contributed by atoms with Crippen LogP contribution in [0.15, 0.2) is 0 Å². The fraction of sp³-hybridized carbons (Fsp3) is 0.529. The minimum atomic E-state index is -0.251. The van der Waals surface area contributed by atoms with Crippen LogP contribution < -0.4 is 5.32 Å². The third kappa shape index (κ3) is 2.43. The van der Waals surface area contributed by atoms with Crippen molar-refractivity contribution in [2.45, 2.75) is 45.1 Å². The average molecular weight is 357 g/mol. The van der Waals surface area contributed by atoms with Crippen LogP contribution in [-0.2, 0) is 17.6 Å². The molecule has 25 heavy (non-hydrogen) atoms. The first-order chi connectivity index (χ1) is 12.2. The molecule has 1 aliphatic carbocycles. The third-order valence-electron chi connectivity index (χ3n) is 5.02. The Morgan fingerprint density at radius 3 is 3.12 bits per heavy atom. The summed E-state index contributed by atoms with van der Waals surface area (Å²) in [5, 5.41) is 8.38. The molecule has 2 aliphatic rings. The number of hydrogen-bond donors (Lipinski definition) is 1. The molecule has 0 bridgehead atoms. The molecule has 1 unspecified atom stereocenters. The Labute approximate surface area is 148 Å². The lowest BCUT2D eigenvalue weighted by molar-refractivity contribution is 0.0849. The molecule has 3 aromatic heterocycles. The van der Waals surface area contributed by atoms with Gasteiger partial charge >= 0.3 is 0 Å². The van der Waals surface area contributed by atoms with Crippen LogP contribution in [0.25, 0.3) is 15.9 Å².